The summed E-state index contributed by atoms with van der Waals surface area (Å²) in [4.78, 5) is 28.3. The van der Waals surface area contributed by atoms with Gasteiger partial charge in [0.2, 0.25) is 5.91 Å². The second kappa shape index (κ2) is 8.19. The van der Waals surface area contributed by atoms with Gasteiger partial charge in [0.1, 0.15) is 6.54 Å². The first-order chi connectivity index (χ1) is 12.9. The Hall–Kier alpha value is -2.24. The maximum absolute atomic E-state index is 12.8. The zero-order valence-electron chi connectivity index (χ0n) is 15.2. The number of halogens is 2. The van der Waals surface area contributed by atoms with Gasteiger partial charge in [-0.25, -0.2) is 4.79 Å². The van der Waals surface area contributed by atoms with E-state index in [0.29, 0.717) is 22.3 Å². The standard InChI is InChI=1S/C20H21Cl2N3O2/c1-13-16-6-4-3-5-14(16)9-10-25(13)19(26)12-24(2)20(27)23-18-8-7-15(21)11-17(18)22/h3-8,11,13H,9-10,12H2,1-2H3,(H,23,27). The van der Waals surface area contributed by atoms with Crippen LogP contribution in [-0.2, 0) is 11.2 Å². The van der Waals surface area contributed by atoms with E-state index in [9.17, 15) is 9.59 Å². The lowest BCUT2D eigenvalue weighted by Gasteiger charge is -2.36. The summed E-state index contributed by atoms with van der Waals surface area (Å²) in [6, 6.07) is 12.6. The third kappa shape index (κ3) is 4.37. The first-order valence-corrected chi connectivity index (χ1v) is 9.47. The maximum Gasteiger partial charge on any atom is 0.322 e. The lowest BCUT2D eigenvalue weighted by atomic mass is 9.93. The molecule has 0 saturated heterocycles. The summed E-state index contributed by atoms with van der Waals surface area (Å²) in [5.41, 5.74) is 2.89. The number of urea groups is 1. The Kier molecular flexibility index (Phi) is 5.92. The van der Waals surface area contributed by atoms with Gasteiger partial charge in [-0.3, -0.25) is 4.79 Å². The minimum Gasteiger partial charge on any atom is -0.334 e. The number of nitrogens with one attached hydrogen (secondary N) is 1. The first-order valence-electron chi connectivity index (χ1n) is 8.71. The third-order valence-corrected chi connectivity index (χ3v) is 5.35. The SMILES string of the molecule is CC1c2ccccc2CCN1C(=O)CN(C)C(=O)Nc1ccc(Cl)cc1Cl. The minimum absolute atomic E-state index is 0.00961. The Balaban J connectivity index is 1.63. The summed E-state index contributed by atoms with van der Waals surface area (Å²) in [7, 11) is 1.58. The number of hydrogen-bond acceptors (Lipinski definition) is 2. The number of rotatable bonds is 3. The molecule has 1 atom stereocenters. The van der Waals surface area contributed by atoms with Crippen LogP contribution < -0.4 is 5.32 Å². The molecule has 142 valence electrons. The number of amides is 3. The molecule has 0 radical (unpaired) electrons. The van der Waals surface area contributed by atoms with Gasteiger partial charge in [-0.1, -0.05) is 47.5 Å². The summed E-state index contributed by atoms with van der Waals surface area (Å²) < 4.78 is 0. The van der Waals surface area contributed by atoms with Crippen LogP contribution in [0.2, 0.25) is 10.0 Å². The minimum atomic E-state index is -0.405. The molecule has 5 nitrogen and oxygen atoms in total. The summed E-state index contributed by atoms with van der Waals surface area (Å²) in [5, 5.41) is 3.53. The Labute approximate surface area is 168 Å². The van der Waals surface area contributed by atoms with E-state index < -0.39 is 6.03 Å². The number of nitrogens with zero attached hydrogens (tertiary/aromatic N) is 2. The van der Waals surface area contributed by atoms with E-state index in [-0.39, 0.29) is 18.5 Å². The van der Waals surface area contributed by atoms with Gasteiger partial charge in [0.05, 0.1) is 16.8 Å². The molecule has 0 aliphatic carbocycles. The zero-order chi connectivity index (χ0) is 19.6. The molecule has 0 aromatic heterocycles. The number of benzene rings is 2. The second-order valence-electron chi connectivity index (χ2n) is 6.62. The van der Waals surface area contributed by atoms with Crippen LogP contribution in [0.25, 0.3) is 0 Å². The largest absolute Gasteiger partial charge is 0.334 e. The van der Waals surface area contributed by atoms with Gasteiger partial charge in [-0.05, 0) is 42.7 Å². The second-order valence-corrected chi connectivity index (χ2v) is 7.47. The molecular formula is C20H21Cl2N3O2. The van der Waals surface area contributed by atoms with Crippen molar-refractivity contribution in [2.24, 2.45) is 0 Å². The first kappa shape index (κ1) is 19.5. The summed E-state index contributed by atoms with van der Waals surface area (Å²) in [5.74, 6) is -0.0862. The lowest BCUT2D eigenvalue weighted by Crippen LogP contribution is -2.45. The number of likely N-dealkylation sites (N-methyl/N-ethyl adjacent to an activating group) is 1. The summed E-state index contributed by atoms with van der Waals surface area (Å²) in [6.07, 6.45) is 0.822. The molecule has 3 rings (SSSR count). The van der Waals surface area contributed by atoms with Crippen molar-refractivity contribution in [3.8, 4) is 0 Å². The van der Waals surface area contributed by atoms with Gasteiger partial charge in [-0.15, -0.1) is 0 Å². The average Bonchev–Trinajstić information content (AvgIpc) is 2.64. The molecule has 1 unspecified atom stereocenters. The van der Waals surface area contributed by atoms with Crippen molar-refractivity contribution in [2.75, 3.05) is 25.5 Å². The van der Waals surface area contributed by atoms with Crippen LogP contribution in [0.3, 0.4) is 0 Å². The fraction of sp³-hybridized carbons (Fsp3) is 0.300. The molecule has 3 amide bonds. The molecule has 1 aliphatic heterocycles. The summed E-state index contributed by atoms with van der Waals surface area (Å²) in [6.45, 7) is 2.66. The predicted molar refractivity (Wildman–Crippen MR) is 108 cm³/mol. The summed E-state index contributed by atoms with van der Waals surface area (Å²) >= 11 is 11.9. The van der Waals surface area contributed by atoms with Crippen LogP contribution in [0.15, 0.2) is 42.5 Å². The smallest absolute Gasteiger partial charge is 0.322 e. The number of carbonyl (C=O) groups is 2. The van der Waals surface area contributed by atoms with Crippen molar-refractivity contribution < 1.29 is 9.59 Å². The van der Waals surface area contributed by atoms with E-state index in [0.717, 1.165) is 12.0 Å². The quantitative estimate of drug-likeness (QED) is 0.810. The molecular weight excluding hydrogens is 385 g/mol. The molecule has 27 heavy (non-hydrogen) atoms. The van der Waals surface area contributed by atoms with E-state index in [1.54, 1.807) is 25.2 Å². The van der Waals surface area contributed by atoms with Gasteiger partial charge in [0.25, 0.3) is 0 Å². The highest BCUT2D eigenvalue weighted by atomic mass is 35.5. The van der Waals surface area contributed by atoms with E-state index in [1.165, 1.54) is 10.5 Å². The fourth-order valence-corrected chi connectivity index (χ4v) is 3.74. The molecule has 1 N–H and O–H groups in total. The van der Waals surface area contributed by atoms with Gasteiger partial charge < -0.3 is 15.1 Å². The van der Waals surface area contributed by atoms with Crippen molar-refractivity contribution in [3.63, 3.8) is 0 Å². The molecule has 0 bridgehead atoms. The van der Waals surface area contributed by atoms with Crippen molar-refractivity contribution in [1.82, 2.24) is 9.80 Å². The number of fused-ring (bicyclic) bond motifs is 1. The van der Waals surface area contributed by atoms with Gasteiger partial charge in [0, 0.05) is 18.6 Å². The van der Waals surface area contributed by atoms with Crippen molar-refractivity contribution in [1.29, 1.82) is 0 Å². The maximum atomic E-state index is 12.8. The number of anilines is 1. The Morgan fingerprint density at radius 2 is 1.96 bits per heavy atom. The van der Waals surface area contributed by atoms with Gasteiger partial charge in [-0.2, -0.15) is 0 Å². The molecule has 1 aliphatic rings. The number of carbonyl (C=O) groups excluding carboxylic acids is 2. The fourth-order valence-electron chi connectivity index (χ4n) is 3.28. The molecule has 0 fully saturated rings. The molecule has 0 saturated carbocycles. The molecule has 0 spiro atoms. The van der Waals surface area contributed by atoms with Crippen molar-refractivity contribution >= 4 is 40.8 Å². The van der Waals surface area contributed by atoms with Crippen molar-refractivity contribution in [2.45, 2.75) is 19.4 Å². The van der Waals surface area contributed by atoms with E-state index in [4.69, 9.17) is 23.2 Å². The highest BCUT2D eigenvalue weighted by molar-refractivity contribution is 6.36. The van der Waals surface area contributed by atoms with Crippen LogP contribution in [0.1, 0.15) is 24.1 Å². The molecule has 1 heterocycles. The normalized spacial score (nSPS) is 15.9. The van der Waals surface area contributed by atoms with E-state index in [2.05, 4.69) is 17.4 Å². The van der Waals surface area contributed by atoms with Crippen LogP contribution >= 0.6 is 23.2 Å². The molecule has 7 heteroatoms. The zero-order valence-corrected chi connectivity index (χ0v) is 16.7. The molecule has 2 aromatic carbocycles. The van der Waals surface area contributed by atoms with Crippen LogP contribution in [-0.4, -0.2) is 41.9 Å². The Morgan fingerprint density at radius 3 is 2.70 bits per heavy atom. The third-order valence-electron chi connectivity index (χ3n) is 4.81. The Morgan fingerprint density at radius 1 is 1.22 bits per heavy atom. The molecule has 2 aromatic rings. The monoisotopic (exact) mass is 405 g/mol. The average molecular weight is 406 g/mol. The van der Waals surface area contributed by atoms with E-state index >= 15 is 0 Å². The number of hydrogen-bond donors (Lipinski definition) is 1. The predicted octanol–water partition coefficient (Wildman–Crippen LogP) is 4.60. The highest BCUT2D eigenvalue weighted by Crippen LogP contribution is 2.29. The van der Waals surface area contributed by atoms with Crippen molar-refractivity contribution in [3.05, 3.63) is 63.6 Å². The van der Waals surface area contributed by atoms with Gasteiger partial charge >= 0.3 is 6.03 Å². The van der Waals surface area contributed by atoms with Gasteiger partial charge in [0.15, 0.2) is 0 Å². The van der Waals surface area contributed by atoms with Crippen LogP contribution in [0.5, 0.6) is 0 Å². The van der Waals surface area contributed by atoms with Crippen LogP contribution in [0.4, 0.5) is 10.5 Å². The Bertz CT molecular complexity index is 872. The lowest BCUT2D eigenvalue weighted by molar-refractivity contribution is -0.134. The topological polar surface area (TPSA) is 52.7 Å². The highest BCUT2D eigenvalue weighted by Gasteiger charge is 2.28. The van der Waals surface area contributed by atoms with Crippen LogP contribution in [0, 0.1) is 0 Å². The van der Waals surface area contributed by atoms with E-state index in [1.807, 2.05) is 24.0 Å².